The minimum absolute atomic E-state index is 0.300. The zero-order chi connectivity index (χ0) is 21.4. The van der Waals surface area contributed by atoms with E-state index < -0.39 is 11.7 Å². The lowest BCUT2D eigenvalue weighted by Crippen LogP contribution is -2.07. The fourth-order valence-electron chi connectivity index (χ4n) is 3.21. The molecular formula is C24H39F3O2. The molecule has 0 saturated carbocycles. The van der Waals surface area contributed by atoms with Crippen LogP contribution in [0.25, 0.3) is 0 Å². The van der Waals surface area contributed by atoms with Crippen molar-refractivity contribution in [1.29, 1.82) is 0 Å². The van der Waals surface area contributed by atoms with Gasteiger partial charge in [0.25, 0.3) is 0 Å². The van der Waals surface area contributed by atoms with Crippen molar-refractivity contribution in [3.05, 3.63) is 35.4 Å². The van der Waals surface area contributed by atoms with Gasteiger partial charge in [0.1, 0.15) is 0 Å². The summed E-state index contributed by atoms with van der Waals surface area (Å²) in [6.07, 6.45) is 8.73. The molecule has 2 nitrogen and oxygen atoms in total. The maximum Gasteiger partial charge on any atom is 0.416 e. The number of halogens is 3. The largest absolute Gasteiger partial charge is 0.416 e. The number of ether oxygens (including phenoxy) is 2. The highest BCUT2D eigenvalue weighted by molar-refractivity contribution is 5.24. The third kappa shape index (κ3) is 14.5. The van der Waals surface area contributed by atoms with Gasteiger partial charge in [0, 0.05) is 19.8 Å². The van der Waals surface area contributed by atoms with Gasteiger partial charge < -0.3 is 9.47 Å². The maximum atomic E-state index is 12.5. The lowest BCUT2D eigenvalue weighted by atomic mass is 10.0. The van der Waals surface area contributed by atoms with Gasteiger partial charge in [-0.05, 0) is 57.2 Å². The normalized spacial score (nSPS) is 12.1. The summed E-state index contributed by atoms with van der Waals surface area (Å²) in [5.41, 5.74) is 0.428. The lowest BCUT2D eigenvalue weighted by molar-refractivity contribution is -0.137. The van der Waals surface area contributed by atoms with Crippen molar-refractivity contribution in [1.82, 2.24) is 0 Å². The van der Waals surface area contributed by atoms with E-state index in [9.17, 15) is 13.2 Å². The first-order valence-electron chi connectivity index (χ1n) is 11.2. The van der Waals surface area contributed by atoms with Crippen LogP contribution in [0, 0.1) is 0 Å². The molecule has 0 unspecified atom stereocenters. The molecule has 0 bridgehead atoms. The summed E-state index contributed by atoms with van der Waals surface area (Å²) < 4.78 is 48.7. The molecule has 0 fully saturated rings. The summed E-state index contributed by atoms with van der Waals surface area (Å²) in [6.45, 7) is 6.52. The van der Waals surface area contributed by atoms with Gasteiger partial charge in [-0.1, -0.05) is 57.1 Å². The van der Waals surface area contributed by atoms with Crippen molar-refractivity contribution < 1.29 is 22.6 Å². The van der Waals surface area contributed by atoms with Crippen LogP contribution in [0.4, 0.5) is 13.2 Å². The molecule has 1 aromatic rings. The molecule has 0 aliphatic heterocycles. The van der Waals surface area contributed by atoms with Crippen molar-refractivity contribution in [3.63, 3.8) is 0 Å². The monoisotopic (exact) mass is 416 g/mol. The van der Waals surface area contributed by atoms with Gasteiger partial charge >= 0.3 is 6.18 Å². The van der Waals surface area contributed by atoms with E-state index in [2.05, 4.69) is 0 Å². The molecule has 0 aliphatic rings. The fraction of sp³-hybridized carbons (Fsp3) is 0.750. The molecule has 0 heterocycles. The van der Waals surface area contributed by atoms with Crippen LogP contribution in [-0.4, -0.2) is 25.9 Å². The Morgan fingerprint density at radius 2 is 1.21 bits per heavy atom. The second kappa shape index (κ2) is 15.7. The lowest BCUT2D eigenvalue weighted by Gasteiger charge is -2.08. The summed E-state index contributed by atoms with van der Waals surface area (Å²) in [6, 6.07) is 5.57. The molecule has 5 heteroatoms. The molecule has 0 atom stereocenters. The van der Waals surface area contributed by atoms with Gasteiger partial charge in [0.05, 0.1) is 11.7 Å². The number of hydrogen-bond donors (Lipinski definition) is 0. The van der Waals surface area contributed by atoms with E-state index in [-0.39, 0.29) is 0 Å². The molecule has 0 radical (unpaired) electrons. The van der Waals surface area contributed by atoms with E-state index in [4.69, 9.17) is 9.47 Å². The first kappa shape index (κ1) is 26.0. The van der Waals surface area contributed by atoms with Gasteiger partial charge in [-0.15, -0.1) is 0 Å². The first-order valence-corrected chi connectivity index (χ1v) is 11.2. The minimum Gasteiger partial charge on any atom is -0.381 e. The standard InChI is InChI=1S/C24H39F3O2/c1-21(2)29-20-12-19-28-18-11-9-7-5-3-4-6-8-10-13-22-14-16-23(17-15-22)24(25,26)27/h14-17,21H,3-13,18-20H2,1-2H3. The predicted molar refractivity (Wildman–Crippen MR) is 113 cm³/mol. The Kier molecular flexibility index (Phi) is 14.1. The first-order chi connectivity index (χ1) is 13.9. The van der Waals surface area contributed by atoms with E-state index in [1.54, 1.807) is 12.1 Å². The van der Waals surface area contributed by atoms with Crippen LogP contribution in [0.1, 0.15) is 89.2 Å². The Labute approximate surface area is 175 Å². The molecule has 168 valence electrons. The van der Waals surface area contributed by atoms with Gasteiger partial charge in [0.2, 0.25) is 0 Å². The molecule has 29 heavy (non-hydrogen) atoms. The molecule has 0 saturated heterocycles. The van der Waals surface area contributed by atoms with Crippen LogP contribution in [0.2, 0.25) is 0 Å². The molecule has 0 spiro atoms. The number of unbranched alkanes of at least 4 members (excludes halogenated alkanes) is 8. The number of alkyl halides is 3. The van der Waals surface area contributed by atoms with Gasteiger partial charge in [-0.3, -0.25) is 0 Å². The highest BCUT2D eigenvalue weighted by Gasteiger charge is 2.29. The molecule has 1 aromatic carbocycles. The zero-order valence-corrected chi connectivity index (χ0v) is 18.2. The number of rotatable bonds is 17. The SMILES string of the molecule is CC(C)OCCCOCCCCCCCCCCCc1ccc(C(F)(F)F)cc1. The van der Waals surface area contributed by atoms with Crippen molar-refractivity contribution in [3.8, 4) is 0 Å². The quantitative estimate of drug-likeness (QED) is 0.244. The number of benzene rings is 1. The molecule has 0 amide bonds. The summed E-state index contributed by atoms with van der Waals surface area (Å²) in [5, 5.41) is 0. The second-order valence-corrected chi connectivity index (χ2v) is 8.01. The maximum absolute atomic E-state index is 12.5. The third-order valence-corrected chi connectivity index (χ3v) is 4.92. The van der Waals surface area contributed by atoms with Crippen molar-refractivity contribution in [2.45, 2.75) is 96.8 Å². The molecule has 1 rings (SSSR count). The Morgan fingerprint density at radius 3 is 1.76 bits per heavy atom. The number of hydrogen-bond acceptors (Lipinski definition) is 2. The second-order valence-electron chi connectivity index (χ2n) is 8.01. The van der Waals surface area contributed by atoms with Crippen molar-refractivity contribution in [2.24, 2.45) is 0 Å². The van der Waals surface area contributed by atoms with Gasteiger partial charge in [-0.2, -0.15) is 13.2 Å². The average Bonchev–Trinajstić information content (AvgIpc) is 2.67. The number of aryl methyl sites for hydroxylation is 1. The zero-order valence-electron chi connectivity index (χ0n) is 18.2. The highest BCUT2D eigenvalue weighted by Crippen LogP contribution is 2.29. The van der Waals surface area contributed by atoms with Crippen LogP contribution in [0.3, 0.4) is 0 Å². The minimum atomic E-state index is -4.24. The van der Waals surface area contributed by atoms with Crippen molar-refractivity contribution >= 4 is 0 Å². The van der Waals surface area contributed by atoms with E-state index in [0.717, 1.165) is 57.5 Å². The average molecular weight is 417 g/mol. The topological polar surface area (TPSA) is 18.5 Å². The third-order valence-electron chi connectivity index (χ3n) is 4.92. The van der Waals surface area contributed by atoms with Crippen LogP contribution in [0.5, 0.6) is 0 Å². The van der Waals surface area contributed by atoms with Gasteiger partial charge in [0.15, 0.2) is 0 Å². The van der Waals surface area contributed by atoms with Gasteiger partial charge in [-0.25, -0.2) is 0 Å². The van der Waals surface area contributed by atoms with Crippen LogP contribution < -0.4 is 0 Å². The van der Waals surface area contributed by atoms with E-state index in [1.165, 1.54) is 50.7 Å². The summed E-state index contributed by atoms with van der Waals surface area (Å²) in [7, 11) is 0. The molecule has 0 aliphatic carbocycles. The van der Waals surface area contributed by atoms with E-state index in [1.807, 2.05) is 13.8 Å². The van der Waals surface area contributed by atoms with E-state index >= 15 is 0 Å². The molecule has 0 aromatic heterocycles. The van der Waals surface area contributed by atoms with Crippen LogP contribution in [-0.2, 0) is 22.1 Å². The Balaban J connectivity index is 1.83. The summed E-state index contributed by atoms with van der Waals surface area (Å²) >= 11 is 0. The smallest absolute Gasteiger partial charge is 0.381 e. The Hall–Kier alpha value is -1.07. The van der Waals surface area contributed by atoms with E-state index in [0.29, 0.717) is 6.10 Å². The van der Waals surface area contributed by atoms with Crippen LogP contribution in [0.15, 0.2) is 24.3 Å². The Bertz CT molecular complexity index is 498. The van der Waals surface area contributed by atoms with Crippen LogP contribution >= 0.6 is 0 Å². The summed E-state index contributed by atoms with van der Waals surface area (Å²) in [5.74, 6) is 0. The molecular weight excluding hydrogens is 377 g/mol. The highest BCUT2D eigenvalue weighted by atomic mass is 19.4. The van der Waals surface area contributed by atoms with Crippen molar-refractivity contribution in [2.75, 3.05) is 19.8 Å². The predicted octanol–water partition coefficient (Wildman–Crippen LogP) is 7.59. The summed E-state index contributed by atoms with van der Waals surface area (Å²) in [4.78, 5) is 0. The molecule has 0 N–H and O–H groups in total. The fourth-order valence-corrected chi connectivity index (χ4v) is 3.21. The Morgan fingerprint density at radius 1 is 0.690 bits per heavy atom.